The summed E-state index contributed by atoms with van der Waals surface area (Å²) in [6.07, 6.45) is 2.02. The van der Waals surface area contributed by atoms with Gasteiger partial charge in [0.1, 0.15) is 0 Å². The Morgan fingerprint density at radius 2 is 1.88 bits per heavy atom. The number of carbonyl (C=O) groups is 2. The number of amides is 2. The number of piperazine rings is 1. The molecule has 0 radical (unpaired) electrons. The molecule has 2 N–H and O–H groups in total. The van der Waals surface area contributed by atoms with Gasteiger partial charge in [-0.25, -0.2) is 0 Å². The number of hydrogen-bond donors (Lipinski definition) is 1. The Morgan fingerprint density at radius 1 is 1.31 bits per heavy atom. The summed E-state index contributed by atoms with van der Waals surface area (Å²) < 4.78 is 0. The molecule has 0 aliphatic carbocycles. The van der Waals surface area contributed by atoms with Gasteiger partial charge in [-0.1, -0.05) is 0 Å². The van der Waals surface area contributed by atoms with Gasteiger partial charge in [0.15, 0.2) is 0 Å². The highest BCUT2D eigenvalue weighted by Gasteiger charge is 2.21. The zero-order valence-electron chi connectivity index (χ0n) is 10.1. The summed E-state index contributed by atoms with van der Waals surface area (Å²) in [5, 5.41) is 0. The van der Waals surface area contributed by atoms with Crippen molar-refractivity contribution in [2.24, 2.45) is 5.73 Å². The molecule has 5 heteroatoms. The predicted molar refractivity (Wildman–Crippen MR) is 61.7 cm³/mol. The largest absolute Gasteiger partial charge is 0.342 e. The third-order valence-electron chi connectivity index (χ3n) is 2.80. The molecule has 1 heterocycles. The number of carbonyl (C=O) groups excluding carboxylic acids is 2. The Balaban J connectivity index is 2.31. The molecule has 0 bridgehead atoms. The SMILES string of the molecule is CC(C)(N)CCC(=O)N1CCN(C=O)CC1. The van der Waals surface area contributed by atoms with E-state index < -0.39 is 0 Å². The fraction of sp³-hybridized carbons (Fsp3) is 0.818. The minimum Gasteiger partial charge on any atom is -0.342 e. The molecule has 0 aromatic carbocycles. The van der Waals surface area contributed by atoms with Gasteiger partial charge in [0, 0.05) is 38.1 Å². The monoisotopic (exact) mass is 227 g/mol. The summed E-state index contributed by atoms with van der Waals surface area (Å²) in [7, 11) is 0. The predicted octanol–water partition coefficient (Wildman–Crippen LogP) is -0.195. The van der Waals surface area contributed by atoms with Crippen molar-refractivity contribution in [1.29, 1.82) is 0 Å². The number of hydrogen-bond acceptors (Lipinski definition) is 3. The highest BCUT2D eigenvalue weighted by atomic mass is 16.2. The standard InChI is InChI=1S/C11H21N3O2/c1-11(2,12)4-3-10(16)14-7-5-13(9-15)6-8-14/h9H,3-8,12H2,1-2H3. The molecule has 2 amide bonds. The summed E-state index contributed by atoms with van der Waals surface area (Å²) in [4.78, 5) is 25.8. The highest BCUT2D eigenvalue weighted by Crippen LogP contribution is 2.10. The third kappa shape index (κ3) is 4.18. The Morgan fingerprint density at radius 3 is 2.31 bits per heavy atom. The summed E-state index contributed by atoms with van der Waals surface area (Å²) >= 11 is 0. The van der Waals surface area contributed by atoms with Crippen LogP contribution in [0, 0.1) is 0 Å². The molecule has 16 heavy (non-hydrogen) atoms. The van der Waals surface area contributed by atoms with E-state index in [9.17, 15) is 9.59 Å². The Bertz CT molecular complexity index is 252. The van der Waals surface area contributed by atoms with E-state index in [1.165, 1.54) is 0 Å². The van der Waals surface area contributed by atoms with Crippen LogP contribution in [0.2, 0.25) is 0 Å². The van der Waals surface area contributed by atoms with E-state index >= 15 is 0 Å². The molecule has 1 aliphatic rings. The highest BCUT2D eigenvalue weighted by molar-refractivity contribution is 5.76. The van der Waals surface area contributed by atoms with Crippen molar-refractivity contribution in [2.45, 2.75) is 32.2 Å². The van der Waals surface area contributed by atoms with Gasteiger partial charge in [0.25, 0.3) is 0 Å². The molecule has 92 valence electrons. The lowest BCUT2D eigenvalue weighted by molar-refractivity contribution is -0.135. The minimum atomic E-state index is -0.291. The van der Waals surface area contributed by atoms with Crippen molar-refractivity contribution in [1.82, 2.24) is 9.80 Å². The van der Waals surface area contributed by atoms with Crippen molar-refractivity contribution in [3.63, 3.8) is 0 Å². The number of rotatable bonds is 4. The van der Waals surface area contributed by atoms with Crippen LogP contribution in [0.15, 0.2) is 0 Å². The van der Waals surface area contributed by atoms with Crippen LogP contribution in [0.4, 0.5) is 0 Å². The molecule has 0 unspecified atom stereocenters. The summed E-state index contributed by atoms with van der Waals surface area (Å²) in [6, 6.07) is 0. The van der Waals surface area contributed by atoms with Crippen LogP contribution in [0.1, 0.15) is 26.7 Å². The Kier molecular flexibility index (Phi) is 4.29. The average molecular weight is 227 g/mol. The Hall–Kier alpha value is -1.10. The van der Waals surface area contributed by atoms with E-state index in [2.05, 4.69) is 0 Å². The van der Waals surface area contributed by atoms with E-state index in [-0.39, 0.29) is 11.4 Å². The van der Waals surface area contributed by atoms with Crippen LogP contribution in [0.5, 0.6) is 0 Å². The second-order valence-electron chi connectivity index (χ2n) is 5.01. The second kappa shape index (κ2) is 5.30. The topological polar surface area (TPSA) is 66.6 Å². The maximum atomic E-state index is 11.8. The number of nitrogens with zero attached hydrogens (tertiary/aromatic N) is 2. The molecular formula is C11H21N3O2. The van der Waals surface area contributed by atoms with Gasteiger partial charge in [-0.3, -0.25) is 9.59 Å². The molecule has 1 rings (SSSR count). The molecule has 0 atom stereocenters. The first-order valence-corrected chi connectivity index (χ1v) is 5.68. The van der Waals surface area contributed by atoms with Crippen LogP contribution >= 0.6 is 0 Å². The van der Waals surface area contributed by atoms with Gasteiger partial charge in [-0.2, -0.15) is 0 Å². The van der Waals surface area contributed by atoms with Crippen LogP contribution in [-0.2, 0) is 9.59 Å². The maximum Gasteiger partial charge on any atom is 0.222 e. The van der Waals surface area contributed by atoms with Crippen LogP contribution in [0.25, 0.3) is 0 Å². The van der Waals surface area contributed by atoms with Gasteiger partial charge >= 0.3 is 0 Å². The van der Waals surface area contributed by atoms with Crippen molar-refractivity contribution in [3.8, 4) is 0 Å². The molecule has 0 spiro atoms. The lowest BCUT2D eigenvalue weighted by atomic mass is 9.99. The average Bonchev–Trinajstić information content (AvgIpc) is 2.25. The van der Waals surface area contributed by atoms with E-state index in [1.807, 2.05) is 18.7 Å². The second-order valence-corrected chi connectivity index (χ2v) is 5.01. The molecule has 1 aliphatic heterocycles. The maximum absolute atomic E-state index is 11.8. The molecule has 0 aromatic heterocycles. The van der Waals surface area contributed by atoms with E-state index in [4.69, 9.17) is 5.73 Å². The zero-order chi connectivity index (χ0) is 12.2. The van der Waals surface area contributed by atoms with Gasteiger partial charge in [0.2, 0.25) is 12.3 Å². The van der Waals surface area contributed by atoms with Crippen LogP contribution in [-0.4, -0.2) is 53.8 Å². The van der Waals surface area contributed by atoms with Gasteiger partial charge in [0.05, 0.1) is 0 Å². The van der Waals surface area contributed by atoms with E-state index in [0.717, 1.165) is 6.41 Å². The van der Waals surface area contributed by atoms with E-state index in [1.54, 1.807) is 4.90 Å². The zero-order valence-corrected chi connectivity index (χ0v) is 10.1. The lowest BCUT2D eigenvalue weighted by Gasteiger charge is -2.33. The first-order valence-electron chi connectivity index (χ1n) is 5.68. The first-order chi connectivity index (χ1) is 7.42. The molecular weight excluding hydrogens is 206 g/mol. The van der Waals surface area contributed by atoms with Crippen LogP contribution in [0.3, 0.4) is 0 Å². The molecule has 5 nitrogen and oxygen atoms in total. The lowest BCUT2D eigenvalue weighted by Crippen LogP contribution is -2.48. The summed E-state index contributed by atoms with van der Waals surface area (Å²) in [5.41, 5.74) is 5.54. The van der Waals surface area contributed by atoms with E-state index in [0.29, 0.717) is 39.0 Å². The summed E-state index contributed by atoms with van der Waals surface area (Å²) in [6.45, 7) is 6.41. The molecule has 0 saturated carbocycles. The fourth-order valence-electron chi connectivity index (χ4n) is 1.66. The van der Waals surface area contributed by atoms with Crippen molar-refractivity contribution in [2.75, 3.05) is 26.2 Å². The summed E-state index contributed by atoms with van der Waals surface area (Å²) in [5.74, 6) is 0.143. The number of nitrogens with two attached hydrogens (primary N) is 1. The molecule has 1 saturated heterocycles. The normalized spacial score (nSPS) is 17.4. The van der Waals surface area contributed by atoms with Gasteiger partial charge in [-0.05, 0) is 20.3 Å². The minimum absolute atomic E-state index is 0.143. The Labute approximate surface area is 96.6 Å². The quantitative estimate of drug-likeness (QED) is 0.677. The smallest absolute Gasteiger partial charge is 0.222 e. The van der Waals surface area contributed by atoms with Crippen molar-refractivity contribution in [3.05, 3.63) is 0 Å². The fourth-order valence-corrected chi connectivity index (χ4v) is 1.66. The van der Waals surface area contributed by atoms with Crippen molar-refractivity contribution >= 4 is 12.3 Å². The van der Waals surface area contributed by atoms with Crippen LogP contribution < -0.4 is 5.73 Å². The third-order valence-corrected chi connectivity index (χ3v) is 2.80. The molecule has 0 aromatic rings. The van der Waals surface area contributed by atoms with Gasteiger partial charge < -0.3 is 15.5 Å². The molecule has 1 fully saturated rings. The van der Waals surface area contributed by atoms with Crippen molar-refractivity contribution < 1.29 is 9.59 Å². The van der Waals surface area contributed by atoms with Gasteiger partial charge in [-0.15, -0.1) is 0 Å². The first kappa shape index (κ1) is 13.0.